The molecule has 0 N–H and O–H groups in total. The van der Waals surface area contributed by atoms with Gasteiger partial charge < -0.3 is 14.2 Å². The van der Waals surface area contributed by atoms with Gasteiger partial charge in [0.05, 0.1) is 18.3 Å². The lowest BCUT2D eigenvalue weighted by Crippen LogP contribution is -2.51. The van der Waals surface area contributed by atoms with Gasteiger partial charge in [0, 0.05) is 42.4 Å². The maximum atomic E-state index is 12.6. The van der Waals surface area contributed by atoms with Crippen LogP contribution in [0, 0.1) is 0 Å². The summed E-state index contributed by atoms with van der Waals surface area (Å²) in [5.41, 5.74) is 0.792. The summed E-state index contributed by atoms with van der Waals surface area (Å²) in [5.74, 6) is 2.85. The molecule has 2 aliphatic rings. The lowest BCUT2D eigenvalue weighted by molar-refractivity contribution is -0.166. The second kappa shape index (κ2) is 6.76. The van der Waals surface area contributed by atoms with Crippen LogP contribution >= 0.6 is 23.5 Å². The van der Waals surface area contributed by atoms with Crippen LogP contribution in [-0.4, -0.2) is 43.1 Å². The van der Waals surface area contributed by atoms with Crippen LogP contribution in [0.4, 0.5) is 0 Å². The first kappa shape index (κ1) is 18.5. The van der Waals surface area contributed by atoms with E-state index in [1.165, 1.54) is 13.8 Å². The van der Waals surface area contributed by atoms with Crippen LogP contribution in [0.1, 0.15) is 31.4 Å². The monoisotopic (exact) mass is 382 g/mol. The number of ketones is 1. The molecule has 1 aliphatic heterocycles. The van der Waals surface area contributed by atoms with E-state index in [0.717, 1.165) is 28.4 Å². The molecule has 0 bridgehead atoms. The zero-order chi connectivity index (χ0) is 18.2. The van der Waals surface area contributed by atoms with E-state index in [-0.39, 0.29) is 9.86 Å². The molecule has 0 saturated carbocycles. The summed E-state index contributed by atoms with van der Waals surface area (Å²) >= 11 is 3.58. The minimum absolute atomic E-state index is 0.134. The molecule has 1 heterocycles. The van der Waals surface area contributed by atoms with Gasteiger partial charge in [-0.1, -0.05) is 0 Å². The quantitative estimate of drug-likeness (QED) is 0.741. The molecule has 1 atom stereocenters. The van der Waals surface area contributed by atoms with Crippen molar-refractivity contribution in [2.45, 2.75) is 36.4 Å². The van der Waals surface area contributed by atoms with E-state index in [0.29, 0.717) is 18.6 Å². The van der Waals surface area contributed by atoms with Crippen molar-refractivity contribution in [1.82, 2.24) is 0 Å². The van der Waals surface area contributed by atoms with Crippen molar-refractivity contribution in [2.24, 2.45) is 0 Å². The number of thioether (sulfide) groups is 2. The number of hydrogen-bond acceptors (Lipinski definition) is 7. The summed E-state index contributed by atoms with van der Waals surface area (Å²) in [4.78, 5) is 24.4. The number of methoxy groups -OCH3 is 2. The summed E-state index contributed by atoms with van der Waals surface area (Å²) in [6.07, 6.45) is 0.751. The van der Waals surface area contributed by atoms with Crippen LogP contribution in [-0.2, 0) is 24.8 Å². The molecule has 1 aliphatic carbocycles. The van der Waals surface area contributed by atoms with Gasteiger partial charge in [0.15, 0.2) is 11.4 Å². The Morgan fingerprint density at radius 3 is 2.16 bits per heavy atom. The van der Waals surface area contributed by atoms with Crippen molar-refractivity contribution >= 4 is 35.3 Å². The van der Waals surface area contributed by atoms with Crippen LogP contribution < -0.4 is 9.47 Å². The Morgan fingerprint density at radius 1 is 1.04 bits per heavy atom. The second-order valence-electron chi connectivity index (χ2n) is 6.27. The standard InChI is InChI=1S/C18H22O5S2/c1-11(19)17(23-12(2)20)9-13-14(21-3)5-6-15(22-4)16(13)18(10-17)24-7-8-25-18/h5-6H,7-10H2,1-4H3. The Kier molecular flexibility index (Phi) is 4.99. The number of Topliss-reactive ketones (excluding diaryl/α,β-unsaturated/α-hetero) is 1. The third kappa shape index (κ3) is 3.01. The molecular weight excluding hydrogens is 360 g/mol. The Bertz CT molecular complexity index is 712. The highest BCUT2D eigenvalue weighted by Crippen LogP contribution is 2.63. The molecule has 1 spiro atoms. The number of benzene rings is 1. The molecule has 25 heavy (non-hydrogen) atoms. The SMILES string of the molecule is COc1ccc(OC)c2c1CC(OC(C)=O)(C(C)=O)CC21SCCS1. The number of fused-ring (bicyclic) bond motifs is 2. The van der Waals surface area contributed by atoms with Gasteiger partial charge in [0.2, 0.25) is 0 Å². The number of hydrogen-bond donors (Lipinski definition) is 0. The van der Waals surface area contributed by atoms with E-state index in [1.807, 2.05) is 12.1 Å². The molecule has 0 radical (unpaired) electrons. The van der Waals surface area contributed by atoms with Gasteiger partial charge in [-0.2, -0.15) is 0 Å². The number of rotatable bonds is 4. The number of ether oxygens (including phenoxy) is 3. The smallest absolute Gasteiger partial charge is 0.303 e. The first-order valence-corrected chi connectivity index (χ1v) is 10.1. The highest BCUT2D eigenvalue weighted by Gasteiger charge is 2.56. The molecule has 0 aromatic heterocycles. The normalized spacial score (nSPS) is 23.8. The van der Waals surface area contributed by atoms with Crippen molar-refractivity contribution in [2.75, 3.05) is 25.7 Å². The Labute approximate surface area is 156 Å². The Balaban J connectivity index is 2.25. The predicted octanol–water partition coefficient (Wildman–Crippen LogP) is 3.17. The van der Waals surface area contributed by atoms with Gasteiger partial charge in [-0.15, -0.1) is 23.5 Å². The van der Waals surface area contributed by atoms with Gasteiger partial charge in [-0.3, -0.25) is 9.59 Å². The summed E-state index contributed by atoms with van der Waals surface area (Å²) < 4.78 is 16.5. The van der Waals surface area contributed by atoms with Gasteiger partial charge in [-0.25, -0.2) is 0 Å². The largest absolute Gasteiger partial charge is 0.496 e. The Morgan fingerprint density at radius 2 is 1.64 bits per heavy atom. The second-order valence-corrected chi connectivity index (χ2v) is 9.32. The molecule has 1 saturated heterocycles. The topological polar surface area (TPSA) is 61.8 Å². The first-order valence-electron chi connectivity index (χ1n) is 8.10. The summed E-state index contributed by atoms with van der Waals surface area (Å²) in [6, 6.07) is 3.76. The van der Waals surface area contributed by atoms with Crippen molar-refractivity contribution in [3.8, 4) is 11.5 Å². The van der Waals surface area contributed by atoms with Gasteiger partial charge in [-0.05, 0) is 19.1 Å². The van der Waals surface area contributed by atoms with Crippen LogP contribution in [0.3, 0.4) is 0 Å². The molecule has 7 heteroatoms. The van der Waals surface area contributed by atoms with Gasteiger partial charge >= 0.3 is 5.97 Å². The van der Waals surface area contributed by atoms with Crippen molar-refractivity contribution in [3.63, 3.8) is 0 Å². The maximum absolute atomic E-state index is 12.6. The molecule has 1 unspecified atom stereocenters. The zero-order valence-corrected chi connectivity index (χ0v) is 16.5. The highest BCUT2D eigenvalue weighted by molar-refractivity contribution is 8.20. The number of carbonyl (C=O) groups excluding carboxylic acids is 2. The molecule has 1 aromatic carbocycles. The zero-order valence-electron chi connectivity index (χ0n) is 14.8. The molecule has 3 rings (SSSR count). The fourth-order valence-corrected chi connectivity index (χ4v) is 7.31. The first-order chi connectivity index (χ1) is 11.9. The van der Waals surface area contributed by atoms with Crippen molar-refractivity contribution in [1.29, 1.82) is 0 Å². The van der Waals surface area contributed by atoms with Crippen molar-refractivity contribution < 1.29 is 23.8 Å². The molecule has 5 nitrogen and oxygen atoms in total. The third-order valence-electron chi connectivity index (χ3n) is 4.77. The lowest BCUT2D eigenvalue weighted by Gasteiger charge is -2.45. The molecule has 1 aromatic rings. The van der Waals surface area contributed by atoms with Crippen LogP contribution in [0.5, 0.6) is 11.5 Å². The molecular formula is C18H22O5S2. The predicted molar refractivity (Wildman–Crippen MR) is 99.6 cm³/mol. The van der Waals surface area contributed by atoms with E-state index < -0.39 is 11.6 Å². The highest BCUT2D eigenvalue weighted by atomic mass is 32.2. The minimum Gasteiger partial charge on any atom is -0.496 e. The summed E-state index contributed by atoms with van der Waals surface area (Å²) in [7, 11) is 3.26. The maximum Gasteiger partial charge on any atom is 0.303 e. The van der Waals surface area contributed by atoms with E-state index in [9.17, 15) is 9.59 Å². The Hall–Kier alpha value is -1.34. The molecule has 0 amide bonds. The van der Waals surface area contributed by atoms with Crippen LogP contribution in [0.15, 0.2) is 12.1 Å². The fourth-order valence-electron chi connectivity index (χ4n) is 3.74. The minimum atomic E-state index is -1.16. The van der Waals surface area contributed by atoms with Crippen LogP contribution in [0.25, 0.3) is 0 Å². The fraction of sp³-hybridized carbons (Fsp3) is 0.556. The van der Waals surface area contributed by atoms with E-state index in [1.54, 1.807) is 37.7 Å². The average Bonchev–Trinajstić information content (AvgIpc) is 3.01. The lowest BCUT2D eigenvalue weighted by atomic mass is 9.76. The summed E-state index contributed by atoms with van der Waals surface area (Å²) in [6.45, 7) is 2.85. The van der Waals surface area contributed by atoms with E-state index in [4.69, 9.17) is 14.2 Å². The molecule has 1 fully saturated rings. The van der Waals surface area contributed by atoms with E-state index >= 15 is 0 Å². The van der Waals surface area contributed by atoms with Crippen molar-refractivity contribution in [3.05, 3.63) is 23.3 Å². The average molecular weight is 383 g/mol. The summed E-state index contributed by atoms with van der Waals surface area (Å²) in [5, 5.41) is 0. The van der Waals surface area contributed by atoms with Crippen LogP contribution in [0.2, 0.25) is 0 Å². The molecule has 136 valence electrons. The third-order valence-corrected chi connectivity index (χ3v) is 8.18. The van der Waals surface area contributed by atoms with Gasteiger partial charge in [0.1, 0.15) is 11.5 Å². The van der Waals surface area contributed by atoms with E-state index in [2.05, 4.69) is 0 Å². The van der Waals surface area contributed by atoms with Gasteiger partial charge in [0.25, 0.3) is 0 Å². The number of esters is 1. The number of carbonyl (C=O) groups is 2.